The molecular formula is C37H42FNO6Si. The number of methoxy groups -OCH3 is 1. The first kappa shape index (κ1) is 34.2. The molecule has 4 aromatic carbocycles. The third-order valence-corrected chi connectivity index (χ3v) is 9.33. The first-order valence-electron chi connectivity index (χ1n) is 15.3. The maximum Gasteiger partial charge on any atom is 0.348 e. The van der Waals surface area contributed by atoms with Gasteiger partial charge in [-0.1, -0.05) is 79.4 Å². The quantitative estimate of drug-likeness (QED) is 0.0570. The number of aliphatic carboxylic acids is 1. The van der Waals surface area contributed by atoms with Crippen molar-refractivity contribution in [1.29, 1.82) is 0 Å². The Morgan fingerprint density at radius 2 is 1.37 bits per heavy atom. The lowest BCUT2D eigenvalue weighted by Crippen LogP contribution is -2.48. The molecule has 0 aliphatic carbocycles. The van der Waals surface area contributed by atoms with Gasteiger partial charge in [-0.2, -0.15) is 0 Å². The first-order valence-corrected chi connectivity index (χ1v) is 19.0. The molecule has 0 unspecified atom stereocenters. The van der Waals surface area contributed by atoms with Crippen LogP contribution in [-0.4, -0.2) is 50.8 Å². The fourth-order valence-electron chi connectivity index (χ4n) is 4.82. The number of rotatable bonds is 16. The molecule has 0 aromatic heterocycles. The van der Waals surface area contributed by atoms with Gasteiger partial charge in [0.2, 0.25) is 5.60 Å². The molecule has 242 valence electrons. The molecule has 46 heavy (non-hydrogen) atoms. The second kappa shape index (κ2) is 15.6. The van der Waals surface area contributed by atoms with Crippen LogP contribution in [0.25, 0.3) is 11.1 Å². The van der Waals surface area contributed by atoms with E-state index in [0.717, 1.165) is 39.8 Å². The molecule has 0 saturated heterocycles. The summed E-state index contributed by atoms with van der Waals surface area (Å²) < 4.78 is 30.7. The van der Waals surface area contributed by atoms with E-state index in [1.165, 1.54) is 24.3 Å². The second-order valence-corrected chi connectivity index (χ2v) is 18.0. The average molecular weight is 644 g/mol. The highest BCUT2D eigenvalue weighted by Gasteiger charge is 2.42. The summed E-state index contributed by atoms with van der Waals surface area (Å²) in [7, 11) is 0.0717. The molecule has 0 aliphatic rings. The molecule has 0 saturated carbocycles. The number of ether oxygens (including phenoxy) is 3. The standard InChI is InChI=1S/C37H42FNO6Si/c1-27(29-8-10-30(11-9-29)31-12-18-33(42-2)19-13-31)39-44-24-23-43-34-16-6-28(7-17-34)26-37(36(40)41,22-25-46(3,4)5)45-35-20-14-32(38)15-21-35/h6-21H,22-26H2,1-5H3,(H,40,41)/t37-/m1/s1. The van der Waals surface area contributed by atoms with Crippen molar-refractivity contribution in [2.45, 2.75) is 51.1 Å². The van der Waals surface area contributed by atoms with Gasteiger partial charge >= 0.3 is 5.97 Å². The Kier molecular flexibility index (Phi) is 11.6. The van der Waals surface area contributed by atoms with Gasteiger partial charge in [0, 0.05) is 14.5 Å². The van der Waals surface area contributed by atoms with Crippen molar-refractivity contribution in [1.82, 2.24) is 0 Å². The van der Waals surface area contributed by atoms with Crippen molar-refractivity contribution in [3.63, 3.8) is 0 Å². The van der Waals surface area contributed by atoms with E-state index in [2.05, 4.69) is 24.8 Å². The smallest absolute Gasteiger partial charge is 0.348 e. The predicted molar refractivity (Wildman–Crippen MR) is 182 cm³/mol. The number of hydrogen-bond donors (Lipinski definition) is 1. The number of benzene rings is 4. The van der Waals surface area contributed by atoms with Gasteiger partial charge in [-0.25, -0.2) is 9.18 Å². The summed E-state index contributed by atoms with van der Waals surface area (Å²) in [6, 6.07) is 29.5. The molecular weight excluding hydrogens is 601 g/mol. The van der Waals surface area contributed by atoms with Crippen LogP contribution in [0.2, 0.25) is 25.7 Å². The van der Waals surface area contributed by atoms with Gasteiger partial charge < -0.3 is 24.2 Å². The van der Waals surface area contributed by atoms with Crippen molar-refractivity contribution < 1.29 is 33.3 Å². The van der Waals surface area contributed by atoms with E-state index in [0.29, 0.717) is 17.9 Å². The molecule has 0 radical (unpaired) electrons. The molecule has 1 atom stereocenters. The zero-order valence-corrected chi connectivity index (χ0v) is 28.1. The first-order chi connectivity index (χ1) is 22.0. The number of carboxylic acids is 1. The Hall–Kier alpha value is -4.63. The van der Waals surface area contributed by atoms with Crippen molar-refractivity contribution in [2.24, 2.45) is 5.16 Å². The van der Waals surface area contributed by atoms with Crippen LogP contribution >= 0.6 is 0 Å². The SMILES string of the molecule is COc1ccc(-c2ccc(C(C)=NOCCOc3ccc(C[C@@](CC[Si](C)(C)C)(Oc4ccc(F)cc4)C(=O)O)cc3)cc2)cc1. The number of halogens is 1. The molecule has 7 nitrogen and oxygen atoms in total. The normalized spacial score (nSPS) is 13.0. The van der Waals surface area contributed by atoms with E-state index in [-0.39, 0.29) is 19.6 Å². The fraction of sp³-hybridized carbons (Fsp3) is 0.297. The van der Waals surface area contributed by atoms with Crippen LogP contribution in [0.15, 0.2) is 102 Å². The molecule has 1 N–H and O–H groups in total. The van der Waals surface area contributed by atoms with Gasteiger partial charge in [0.05, 0.1) is 12.8 Å². The van der Waals surface area contributed by atoms with E-state index >= 15 is 0 Å². The van der Waals surface area contributed by atoms with Crippen LogP contribution in [0, 0.1) is 5.82 Å². The van der Waals surface area contributed by atoms with Gasteiger partial charge in [0.25, 0.3) is 0 Å². The number of oxime groups is 1. The average Bonchev–Trinajstić information content (AvgIpc) is 3.05. The zero-order valence-electron chi connectivity index (χ0n) is 27.1. The van der Waals surface area contributed by atoms with Crippen molar-refractivity contribution >= 4 is 19.8 Å². The van der Waals surface area contributed by atoms with Crippen molar-refractivity contribution in [3.05, 3.63) is 114 Å². The van der Waals surface area contributed by atoms with Crippen LogP contribution < -0.4 is 14.2 Å². The van der Waals surface area contributed by atoms with Crippen LogP contribution in [0.3, 0.4) is 0 Å². The lowest BCUT2D eigenvalue weighted by atomic mass is 9.91. The Labute approximate surface area is 271 Å². The van der Waals surface area contributed by atoms with Crippen LogP contribution in [0.1, 0.15) is 24.5 Å². The highest BCUT2D eigenvalue weighted by Crippen LogP contribution is 2.31. The summed E-state index contributed by atoms with van der Waals surface area (Å²) in [6.45, 7) is 9.02. The maximum atomic E-state index is 13.5. The van der Waals surface area contributed by atoms with Crippen LogP contribution in [-0.2, 0) is 16.1 Å². The fourth-order valence-corrected chi connectivity index (χ4v) is 5.97. The van der Waals surface area contributed by atoms with Gasteiger partial charge in [0.1, 0.15) is 29.7 Å². The molecule has 9 heteroatoms. The number of carbonyl (C=O) groups is 1. The Bertz CT molecular complexity index is 1580. The van der Waals surface area contributed by atoms with Gasteiger partial charge in [-0.15, -0.1) is 0 Å². The van der Waals surface area contributed by atoms with E-state index < -0.39 is 25.5 Å². The van der Waals surface area contributed by atoms with Crippen LogP contribution in [0.5, 0.6) is 17.2 Å². The molecule has 0 amide bonds. The predicted octanol–water partition coefficient (Wildman–Crippen LogP) is 8.49. The van der Waals surface area contributed by atoms with E-state index in [9.17, 15) is 14.3 Å². The molecule has 0 aliphatic heterocycles. The zero-order chi connectivity index (χ0) is 33.2. The number of nitrogens with zero attached hydrogens (tertiary/aromatic N) is 1. The summed E-state index contributed by atoms with van der Waals surface area (Å²) in [5, 5.41) is 14.6. The molecule has 0 fully saturated rings. The minimum absolute atomic E-state index is 0.155. The highest BCUT2D eigenvalue weighted by atomic mass is 28.3. The van der Waals surface area contributed by atoms with Crippen molar-refractivity contribution in [3.8, 4) is 28.4 Å². The molecule has 0 heterocycles. The van der Waals surface area contributed by atoms with Crippen molar-refractivity contribution in [2.75, 3.05) is 20.3 Å². The lowest BCUT2D eigenvalue weighted by molar-refractivity contribution is -0.155. The third-order valence-electron chi connectivity index (χ3n) is 7.58. The molecule has 4 rings (SSSR count). The highest BCUT2D eigenvalue weighted by molar-refractivity contribution is 6.76. The molecule has 0 bridgehead atoms. The summed E-state index contributed by atoms with van der Waals surface area (Å²) >= 11 is 0. The van der Waals surface area contributed by atoms with Gasteiger partial charge in [-0.05, 0) is 84.1 Å². The van der Waals surface area contributed by atoms with E-state index in [1.807, 2.05) is 67.6 Å². The van der Waals surface area contributed by atoms with Gasteiger partial charge in [0.15, 0.2) is 6.61 Å². The largest absolute Gasteiger partial charge is 0.497 e. The summed E-state index contributed by atoms with van der Waals surface area (Å²) in [5.74, 6) is 0.319. The number of carboxylic acid groups (broad SMARTS) is 1. The Balaban J connectivity index is 1.31. The number of hydrogen-bond acceptors (Lipinski definition) is 6. The summed E-state index contributed by atoms with van der Waals surface area (Å²) in [6.07, 6.45) is 0.500. The van der Waals surface area contributed by atoms with Gasteiger partial charge in [-0.3, -0.25) is 0 Å². The second-order valence-electron chi connectivity index (χ2n) is 12.4. The molecule has 0 spiro atoms. The topological polar surface area (TPSA) is 86.6 Å². The molecule has 4 aromatic rings. The summed E-state index contributed by atoms with van der Waals surface area (Å²) in [4.78, 5) is 18.2. The minimum atomic E-state index is -1.58. The minimum Gasteiger partial charge on any atom is -0.497 e. The monoisotopic (exact) mass is 643 g/mol. The van der Waals surface area contributed by atoms with E-state index in [4.69, 9.17) is 19.0 Å². The Morgan fingerprint density at radius 1 is 0.804 bits per heavy atom. The maximum absolute atomic E-state index is 13.5. The third kappa shape index (κ3) is 9.94. The summed E-state index contributed by atoms with van der Waals surface area (Å²) in [5.41, 5.74) is 3.22. The lowest BCUT2D eigenvalue weighted by Gasteiger charge is -2.33. The Morgan fingerprint density at radius 3 is 1.93 bits per heavy atom. The van der Waals surface area contributed by atoms with E-state index in [1.54, 1.807) is 19.2 Å². The van der Waals surface area contributed by atoms with Crippen LogP contribution in [0.4, 0.5) is 4.39 Å².